The zero-order chi connectivity index (χ0) is 11.7. The summed E-state index contributed by atoms with van der Waals surface area (Å²) >= 11 is 0. The summed E-state index contributed by atoms with van der Waals surface area (Å²) in [6.45, 7) is 0.393. The largest absolute Gasteiger partial charge is 0.388 e. The van der Waals surface area contributed by atoms with Crippen molar-refractivity contribution in [3.8, 4) is 0 Å². The number of carbonyl (C=O) groups excluding carboxylic acids is 1. The van der Waals surface area contributed by atoms with Gasteiger partial charge in [-0.25, -0.2) is 0 Å². The molecule has 0 saturated carbocycles. The number of nitrogens with zero attached hydrogens (tertiary/aromatic N) is 3. The molecule has 1 aromatic rings. The van der Waals surface area contributed by atoms with E-state index in [1.165, 1.54) is 9.58 Å². The van der Waals surface area contributed by atoms with E-state index in [2.05, 4.69) is 5.10 Å². The zero-order valence-corrected chi connectivity index (χ0v) is 8.65. The molecule has 0 spiro atoms. The lowest BCUT2D eigenvalue weighted by Crippen LogP contribution is -2.33. The fourth-order valence-electron chi connectivity index (χ4n) is 1.68. The Kier molecular flexibility index (Phi) is 2.80. The van der Waals surface area contributed by atoms with Crippen LogP contribution in [0.4, 0.5) is 5.82 Å². The van der Waals surface area contributed by atoms with Gasteiger partial charge in [0.2, 0.25) is 5.91 Å². The lowest BCUT2D eigenvalue weighted by Gasteiger charge is -2.14. The van der Waals surface area contributed by atoms with Crippen LogP contribution in [0.15, 0.2) is 12.3 Å². The first-order valence-corrected chi connectivity index (χ1v) is 4.99. The molecule has 1 aliphatic heterocycles. The minimum Gasteiger partial charge on any atom is -0.388 e. The molecule has 1 saturated heterocycles. The summed E-state index contributed by atoms with van der Waals surface area (Å²) in [5, 5.41) is 22.5. The van der Waals surface area contributed by atoms with Crippen molar-refractivity contribution in [1.29, 1.82) is 0 Å². The number of rotatable bonds is 2. The minimum atomic E-state index is -0.855. The quantitative estimate of drug-likeness (QED) is 0.542. The second kappa shape index (κ2) is 4.11. The van der Waals surface area contributed by atoms with E-state index in [9.17, 15) is 15.0 Å². The molecule has 2 unspecified atom stereocenters. The molecule has 2 atom stereocenters. The van der Waals surface area contributed by atoms with Crippen molar-refractivity contribution in [2.24, 2.45) is 0 Å². The third-order valence-corrected chi connectivity index (χ3v) is 2.57. The third kappa shape index (κ3) is 2.15. The highest BCUT2D eigenvalue weighted by Gasteiger charge is 2.32. The first kappa shape index (κ1) is 10.9. The molecule has 0 radical (unpaired) electrons. The standard InChI is InChI=1S/C9H14N4O3/c10-8-1-2-13(11-8)5-9(16)12-3-6(14)7(15)4-12/h1-2,6-7,14-15H,3-5H2,(H2,10,11). The number of β-amino-alcohol motifs (C(OH)–C–C–N with tert-alkyl or cyclic N) is 2. The van der Waals surface area contributed by atoms with Crippen molar-refractivity contribution in [3.63, 3.8) is 0 Å². The van der Waals surface area contributed by atoms with E-state index in [0.717, 1.165) is 0 Å². The van der Waals surface area contributed by atoms with Gasteiger partial charge >= 0.3 is 0 Å². The Morgan fingerprint density at radius 2 is 2.12 bits per heavy atom. The van der Waals surface area contributed by atoms with Crippen LogP contribution in [-0.2, 0) is 11.3 Å². The van der Waals surface area contributed by atoms with Crippen LogP contribution in [0.1, 0.15) is 0 Å². The average molecular weight is 226 g/mol. The molecule has 7 nitrogen and oxygen atoms in total. The molecule has 0 aromatic carbocycles. The molecule has 0 bridgehead atoms. The number of aromatic nitrogens is 2. The van der Waals surface area contributed by atoms with Crippen LogP contribution in [0, 0.1) is 0 Å². The van der Waals surface area contributed by atoms with Gasteiger partial charge in [0.05, 0.1) is 12.2 Å². The molecule has 1 amide bonds. The Balaban J connectivity index is 1.94. The van der Waals surface area contributed by atoms with Gasteiger partial charge in [-0.05, 0) is 6.07 Å². The van der Waals surface area contributed by atoms with E-state index in [-0.39, 0.29) is 25.5 Å². The third-order valence-electron chi connectivity index (χ3n) is 2.57. The van der Waals surface area contributed by atoms with Crippen molar-refractivity contribution in [2.45, 2.75) is 18.8 Å². The minimum absolute atomic E-state index is 0.0661. The van der Waals surface area contributed by atoms with Crippen LogP contribution in [-0.4, -0.2) is 56.1 Å². The van der Waals surface area contributed by atoms with Crippen LogP contribution >= 0.6 is 0 Å². The summed E-state index contributed by atoms with van der Waals surface area (Å²) in [5.41, 5.74) is 5.42. The van der Waals surface area contributed by atoms with Crippen LogP contribution in [0.25, 0.3) is 0 Å². The highest BCUT2D eigenvalue weighted by Crippen LogP contribution is 2.10. The van der Waals surface area contributed by atoms with Gasteiger partial charge in [-0.15, -0.1) is 0 Å². The Morgan fingerprint density at radius 1 is 1.50 bits per heavy atom. The van der Waals surface area contributed by atoms with E-state index in [4.69, 9.17) is 5.73 Å². The summed E-state index contributed by atoms with van der Waals surface area (Å²) in [7, 11) is 0. The topological polar surface area (TPSA) is 105 Å². The number of nitrogens with two attached hydrogens (primary N) is 1. The number of aliphatic hydroxyl groups excluding tert-OH is 2. The lowest BCUT2D eigenvalue weighted by molar-refractivity contribution is -0.131. The van der Waals surface area contributed by atoms with Gasteiger partial charge < -0.3 is 20.8 Å². The van der Waals surface area contributed by atoms with Gasteiger partial charge in [-0.3, -0.25) is 9.48 Å². The molecule has 2 rings (SSSR count). The van der Waals surface area contributed by atoms with Crippen LogP contribution in [0.5, 0.6) is 0 Å². The van der Waals surface area contributed by atoms with Gasteiger partial charge in [-0.1, -0.05) is 0 Å². The van der Waals surface area contributed by atoms with Crippen molar-refractivity contribution < 1.29 is 15.0 Å². The summed E-state index contributed by atoms with van der Waals surface area (Å²) in [6, 6.07) is 1.60. The van der Waals surface area contributed by atoms with Crippen LogP contribution in [0.2, 0.25) is 0 Å². The fraction of sp³-hybridized carbons (Fsp3) is 0.556. The molecular formula is C9H14N4O3. The summed E-state index contributed by atoms with van der Waals surface area (Å²) in [5.74, 6) is 0.160. The van der Waals surface area contributed by atoms with Gasteiger partial charge in [-0.2, -0.15) is 5.10 Å². The molecular weight excluding hydrogens is 212 g/mol. The first-order chi connectivity index (χ1) is 7.56. The van der Waals surface area contributed by atoms with E-state index in [0.29, 0.717) is 5.82 Å². The Labute approximate surface area is 92.1 Å². The molecule has 1 aromatic heterocycles. The molecule has 88 valence electrons. The maximum atomic E-state index is 11.7. The number of anilines is 1. The number of hydrogen-bond acceptors (Lipinski definition) is 5. The number of nitrogen functional groups attached to an aromatic ring is 1. The fourth-order valence-corrected chi connectivity index (χ4v) is 1.68. The number of amides is 1. The maximum Gasteiger partial charge on any atom is 0.244 e. The smallest absolute Gasteiger partial charge is 0.244 e. The summed E-state index contributed by atoms with van der Waals surface area (Å²) in [4.78, 5) is 13.1. The molecule has 0 aliphatic carbocycles. The van der Waals surface area contributed by atoms with Crippen molar-refractivity contribution in [2.75, 3.05) is 18.8 Å². The van der Waals surface area contributed by atoms with Gasteiger partial charge in [0.15, 0.2) is 0 Å². The summed E-state index contributed by atoms with van der Waals surface area (Å²) in [6.07, 6.45) is -0.103. The second-order valence-corrected chi connectivity index (χ2v) is 3.87. The number of hydrogen-bond donors (Lipinski definition) is 3. The normalized spacial score (nSPS) is 25.0. The Morgan fingerprint density at radius 3 is 2.62 bits per heavy atom. The van der Waals surface area contributed by atoms with Crippen molar-refractivity contribution in [1.82, 2.24) is 14.7 Å². The molecule has 4 N–H and O–H groups in total. The highest BCUT2D eigenvalue weighted by atomic mass is 16.3. The number of aliphatic hydroxyl groups is 2. The monoisotopic (exact) mass is 226 g/mol. The zero-order valence-electron chi connectivity index (χ0n) is 8.65. The van der Waals surface area contributed by atoms with Crippen LogP contribution < -0.4 is 5.73 Å². The number of likely N-dealkylation sites (tertiary alicyclic amines) is 1. The first-order valence-electron chi connectivity index (χ1n) is 4.99. The van der Waals surface area contributed by atoms with Crippen LogP contribution in [0.3, 0.4) is 0 Å². The molecule has 1 fully saturated rings. The van der Waals surface area contributed by atoms with Gasteiger partial charge in [0, 0.05) is 19.3 Å². The number of carbonyl (C=O) groups is 1. The van der Waals surface area contributed by atoms with Crippen molar-refractivity contribution >= 4 is 11.7 Å². The maximum absolute atomic E-state index is 11.7. The lowest BCUT2D eigenvalue weighted by atomic mass is 10.3. The molecule has 7 heteroatoms. The molecule has 2 heterocycles. The van der Waals surface area contributed by atoms with Gasteiger partial charge in [0.25, 0.3) is 0 Å². The molecule has 1 aliphatic rings. The van der Waals surface area contributed by atoms with E-state index < -0.39 is 12.2 Å². The Hall–Kier alpha value is -1.60. The average Bonchev–Trinajstić information content (AvgIpc) is 2.75. The van der Waals surface area contributed by atoms with E-state index in [1.54, 1.807) is 12.3 Å². The van der Waals surface area contributed by atoms with Crippen molar-refractivity contribution in [3.05, 3.63) is 12.3 Å². The predicted octanol–water partition coefficient (Wildman–Crippen LogP) is -1.97. The van der Waals surface area contributed by atoms with E-state index in [1.807, 2.05) is 0 Å². The second-order valence-electron chi connectivity index (χ2n) is 3.87. The predicted molar refractivity (Wildman–Crippen MR) is 55.2 cm³/mol. The highest BCUT2D eigenvalue weighted by molar-refractivity contribution is 5.76. The molecule has 16 heavy (non-hydrogen) atoms. The Bertz CT molecular complexity index is 382. The summed E-state index contributed by atoms with van der Waals surface area (Å²) < 4.78 is 1.43. The van der Waals surface area contributed by atoms with Gasteiger partial charge in [0.1, 0.15) is 12.4 Å². The van der Waals surface area contributed by atoms with E-state index >= 15 is 0 Å². The SMILES string of the molecule is Nc1ccn(CC(=O)N2CC(O)C(O)C2)n1.